The van der Waals surface area contributed by atoms with Crippen LogP contribution in [-0.4, -0.2) is 17.8 Å². The van der Waals surface area contributed by atoms with Gasteiger partial charge in [-0.3, -0.25) is 4.68 Å². The molecule has 1 heterocycles. The summed E-state index contributed by atoms with van der Waals surface area (Å²) in [5, 5.41) is 13.8. The lowest BCUT2D eigenvalue weighted by Crippen LogP contribution is -1.98. The van der Waals surface area contributed by atoms with Gasteiger partial charge < -0.3 is 4.65 Å². The number of aryl methyl sites for hydroxylation is 1. The van der Waals surface area contributed by atoms with Crippen LogP contribution in [0.5, 0.6) is 0 Å². The van der Waals surface area contributed by atoms with Gasteiger partial charge in [0.25, 0.3) is 0 Å². The Hall–Kier alpha value is -2.48. The fourth-order valence-electron chi connectivity index (χ4n) is 2.01. The molecule has 1 aromatic heterocycles. The van der Waals surface area contributed by atoms with Crippen molar-refractivity contribution in [1.29, 1.82) is 5.26 Å². The van der Waals surface area contributed by atoms with Crippen molar-refractivity contribution in [3.05, 3.63) is 52.8 Å². The van der Waals surface area contributed by atoms with E-state index in [0.29, 0.717) is 17.0 Å². The second kappa shape index (κ2) is 5.66. The number of nitrogens with zero attached hydrogens (tertiary/aromatic N) is 3. The Kier molecular flexibility index (Phi) is 3.95. The minimum absolute atomic E-state index is 0.292. The van der Waals surface area contributed by atoms with E-state index >= 15 is 0 Å². The van der Waals surface area contributed by atoms with Crippen LogP contribution in [0.4, 0.5) is 0 Å². The summed E-state index contributed by atoms with van der Waals surface area (Å²) in [5.74, 6) is 0.292. The molecule has 0 saturated carbocycles. The quantitative estimate of drug-likeness (QED) is 0.485. The summed E-state index contributed by atoms with van der Waals surface area (Å²) in [6, 6.07) is 11.4. The molecule has 0 spiro atoms. The number of nitriles is 1. The maximum atomic E-state index is 9.43. The maximum Gasteiger partial charge on any atom is 0.374 e. The third kappa shape index (κ3) is 2.33. The van der Waals surface area contributed by atoms with E-state index in [1.54, 1.807) is 4.68 Å². The average Bonchev–Trinajstić information content (AvgIpc) is 2.73. The van der Waals surface area contributed by atoms with Crippen molar-refractivity contribution in [2.24, 2.45) is 7.05 Å². The lowest BCUT2D eigenvalue weighted by atomic mass is 10.0. The molecule has 20 heavy (non-hydrogen) atoms. The lowest BCUT2D eigenvalue weighted by molar-refractivity contribution is 0.567. The molecule has 0 unspecified atom stereocenters. The highest BCUT2D eigenvalue weighted by Crippen LogP contribution is 2.28. The van der Waals surface area contributed by atoms with Crippen molar-refractivity contribution in [2.75, 3.05) is 0 Å². The Balaban J connectivity index is 2.68. The van der Waals surface area contributed by atoms with Gasteiger partial charge in [0.15, 0.2) is 0 Å². The first-order valence-electron chi connectivity index (χ1n) is 6.17. The van der Waals surface area contributed by atoms with Crippen LogP contribution < -0.4 is 0 Å². The van der Waals surface area contributed by atoms with Gasteiger partial charge in [0.2, 0.25) is 0 Å². The van der Waals surface area contributed by atoms with Crippen molar-refractivity contribution in [2.45, 2.75) is 13.8 Å². The van der Waals surface area contributed by atoms with Gasteiger partial charge in [-0.2, -0.15) is 10.4 Å². The van der Waals surface area contributed by atoms with Crippen LogP contribution in [0.3, 0.4) is 0 Å². The molecule has 0 bridgehead atoms. The van der Waals surface area contributed by atoms with Crippen LogP contribution in [0.25, 0.3) is 11.3 Å². The lowest BCUT2D eigenvalue weighted by Gasteiger charge is -2.09. The van der Waals surface area contributed by atoms with Gasteiger partial charge in [-0.1, -0.05) is 30.3 Å². The smallest absolute Gasteiger partial charge is 0.374 e. The largest absolute Gasteiger partial charge is 0.565 e. The molecule has 0 saturated heterocycles. The second-order valence-electron chi connectivity index (χ2n) is 4.48. The Morgan fingerprint density at radius 3 is 2.40 bits per heavy atom. The van der Waals surface area contributed by atoms with Gasteiger partial charge in [0.1, 0.15) is 23.1 Å². The molecule has 0 N–H and O–H groups in total. The molecule has 0 aliphatic rings. The Morgan fingerprint density at radius 1 is 1.30 bits per heavy atom. The zero-order valence-corrected chi connectivity index (χ0v) is 11.7. The molecular formula is C15H14BN3O. The van der Waals surface area contributed by atoms with E-state index in [1.807, 2.05) is 51.2 Å². The summed E-state index contributed by atoms with van der Waals surface area (Å²) in [4.78, 5) is 0. The second-order valence-corrected chi connectivity index (χ2v) is 4.48. The molecule has 0 atom stereocenters. The first kappa shape index (κ1) is 13.9. The topological polar surface area (TPSA) is 50.8 Å². The molecule has 2 rings (SSSR count). The van der Waals surface area contributed by atoms with E-state index in [-0.39, 0.29) is 0 Å². The fraction of sp³-hybridized carbons (Fsp3) is 0.200. The predicted octanol–water partition coefficient (Wildman–Crippen LogP) is 2.53. The normalized spacial score (nSPS) is 11.7. The van der Waals surface area contributed by atoms with Crippen molar-refractivity contribution < 1.29 is 4.65 Å². The standard InChI is InChI=1S/C15H14BN3O/c1-10-11(2)19(3)18-14(10)15(20-16)13(9-17)12-7-5-4-6-8-12/h4-8H,1-3H3/b15-13-. The molecule has 0 fully saturated rings. The maximum absolute atomic E-state index is 9.43. The first-order chi connectivity index (χ1) is 9.60. The van der Waals surface area contributed by atoms with Gasteiger partial charge in [-0.15, -0.1) is 0 Å². The average molecular weight is 263 g/mol. The van der Waals surface area contributed by atoms with E-state index in [4.69, 9.17) is 12.7 Å². The first-order valence-corrected chi connectivity index (χ1v) is 6.17. The van der Waals surface area contributed by atoms with Crippen molar-refractivity contribution >= 4 is 19.4 Å². The molecule has 5 heteroatoms. The zero-order chi connectivity index (χ0) is 14.7. The summed E-state index contributed by atoms with van der Waals surface area (Å²) >= 11 is 0. The number of hydrogen-bond acceptors (Lipinski definition) is 3. The molecule has 0 aliphatic carbocycles. The SMILES string of the molecule is [B]O/C(=C(/C#N)c1ccccc1)c1nn(C)c(C)c1C. The summed E-state index contributed by atoms with van der Waals surface area (Å²) in [6.45, 7) is 3.88. The Bertz CT molecular complexity index is 696. The summed E-state index contributed by atoms with van der Waals surface area (Å²) in [7, 11) is 7.23. The molecule has 0 amide bonds. The van der Waals surface area contributed by atoms with E-state index in [9.17, 15) is 5.26 Å². The highest BCUT2D eigenvalue weighted by atomic mass is 16.4. The minimum Gasteiger partial charge on any atom is -0.565 e. The predicted molar refractivity (Wildman–Crippen MR) is 78.4 cm³/mol. The van der Waals surface area contributed by atoms with Gasteiger partial charge in [0.05, 0.1) is 0 Å². The van der Waals surface area contributed by atoms with Crippen LogP contribution in [-0.2, 0) is 11.7 Å². The third-order valence-electron chi connectivity index (χ3n) is 3.37. The van der Waals surface area contributed by atoms with Gasteiger partial charge in [-0.05, 0) is 19.4 Å². The van der Waals surface area contributed by atoms with Crippen LogP contribution in [0.1, 0.15) is 22.5 Å². The molecule has 2 radical (unpaired) electrons. The molecule has 0 aliphatic heterocycles. The zero-order valence-electron chi connectivity index (χ0n) is 11.7. The number of hydrogen-bond donors (Lipinski definition) is 0. The molecule has 1 aromatic carbocycles. The number of rotatable bonds is 3. The minimum atomic E-state index is 0.292. The van der Waals surface area contributed by atoms with Gasteiger partial charge in [0, 0.05) is 18.3 Å². The van der Waals surface area contributed by atoms with Crippen molar-refractivity contribution in [3.63, 3.8) is 0 Å². The van der Waals surface area contributed by atoms with Gasteiger partial charge in [-0.25, -0.2) is 0 Å². The summed E-state index contributed by atoms with van der Waals surface area (Å²) in [6.07, 6.45) is 0. The molecular weight excluding hydrogens is 249 g/mol. The van der Waals surface area contributed by atoms with Crippen molar-refractivity contribution in [3.8, 4) is 6.07 Å². The van der Waals surface area contributed by atoms with Crippen LogP contribution in [0, 0.1) is 25.2 Å². The number of benzene rings is 1. The van der Waals surface area contributed by atoms with E-state index in [2.05, 4.69) is 11.2 Å². The Morgan fingerprint density at radius 2 is 1.95 bits per heavy atom. The van der Waals surface area contributed by atoms with E-state index < -0.39 is 0 Å². The van der Waals surface area contributed by atoms with E-state index in [0.717, 1.165) is 16.8 Å². The van der Waals surface area contributed by atoms with Crippen LogP contribution in [0.2, 0.25) is 0 Å². The number of allylic oxidation sites excluding steroid dienone is 1. The molecule has 4 nitrogen and oxygen atoms in total. The van der Waals surface area contributed by atoms with Crippen LogP contribution >= 0.6 is 0 Å². The summed E-state index contributed by atoms with van der Waals surface area (Å²) < 4.78 is 6.71. The summed E-state index contributed by atoms with van der Waals surface area (Å²) in [5.41, 5.74) is 3.65. The van der Waals surface area contributed by atoms with Crippen LogP contribution in [0.15, 0.2) is 30.3 Å². The third-order valence-corrected chi connectivity index (χ3v) is 3.37. The molecule has 98 valence electrons. The fourth-order valence-corrected chi connectivity index (χ4v) is 2.01. The van der Waals surface area contributed by atoms with Gasteiger partial charge >= 0.3 is 8.05 Å². The Labute approximate surface area is 119 Å². The molecule has 2 aromatic rings. The van der Waals surface area contributed by atoms with E-state index in [1.165, 1.54) is 0 Å². The van der Waals surface area contributed by atoms with Crippen molar-refractivity contribution in [1.82, 2.24) is 9.78 Å². The highest BCUT2D eigenvalue weighted by molar-refractivity contribution is 6.06. The number of aromatic nitrogens is 2. The monoisotopic (exact) mass is 263 g/mol. The highest BCUT2D eigenvalue weighted by Gasteiger charge is 2.18.